The minimum absolute atomic E-state index is 0.243. The molecule has 2 amide bonds. The van der Waals surface area contributed by atoms with E-state index in [2.05, 4.69) is 4.98 Å². The summed E-state index contributed by atoms with van der Waals surface area (Å²) in [7, 11) is 0. The number of imidazole rings is 1. The number of para-hydroxylation sites is 3. The van der Waals surface area contributed by atoms with E-state index in [-0.39, 0.29) is 6.54 Å². The highest BCUT2D eigenvalue weighted by molar-refractivity contribution is 6.00. The molecule has 5 rings (SSSR count). The van der Waals surface area contributed by atoms with Crippen molar-refractivity contribution in [3.8, 4) is 5.75 Å². The van der Waals surface area contributed by atoms with Gasteiger partial charge in [0.15, 0.2) is 0 Å². The largest absolute Gasteiger partial charge is 0.443 e. The summed E-state index contributed by atoms with van der Waals surface area (Å²) >= 11 is 0. The van der Waals surface area contributed by atoms with Gasteiger partial charge in [-0.15, -0.1) is 5.01 Å². The molecule has 0 bridgehead atoms. The van der Waals surface area contributed by atoms with Gasteiger partial charge in [-0.25, -0.2) is 19.1 Å². The van der Waals surface area contributed by atoms with Crippen molar-refractivity contribution in [3.05, 3.63) is 90.3 Å². The summed E-state index contributed by atoms with van der Waals surface area (Å²) in [4.78, 5) is 31.2. The zero-order chi connectivity index (χ0) is 20.7. The molecule has 0 atom stereocenters. The van der Waals surface area contributed by atoms with Gasteiger partial charge in [-0.1, -0.05) is 48.0 Å². The molecule has 4 aromatic rings. The Labute approximate surface area is 172 Å². The van der Waals surface area contributed by atoms with E-state index in [0.29, 0.717) is 28.3 Å². The quantitative estimate of drug-likeness (QED) is 0.487. The van der Waals surface area contributed by atoms with Gasteiger partial charge in [0.2, 0.25) is 0 Å². The van der Waals surface area contributed by atoms with Crippen molar-refractivity contribution in [2.24, 2.45) is 0 Å². The summed E-state index contributed by atoms with van der Waals surface area (Å²) < 4.78 is 6.96. The first-order valence-electron chi connectivity index (χ1n) is 9.53. The van der Waals surface area contributed by atoms with Crippen LogP contribution in [0.1, 0.15) is 11.4 Å². The van der Waals surface area contributed by atoms with Crippen LogP contribution in [-0.4, -0.2) is 26.7 Å². The Morgan fingerprint density at radius 1 is 0.933 bits per heavy atom. The van der Waals surface area contributed by atoms with E-state index in [4.69, 9.17) is 4.74 Å². The average Bonchev–Trinajstić information content (AvgIpc) is 3.13. The number of nitrogens with zero attached hydrogens (tertiary/aromatic N) is 4. The molecule has 0 saturated heterocycles. The fraction of sp³-hybridized carbons (Fsp3) is 0.0870. The maximum atomic E-state index is 13.5. The summed E-state index contributed by atoms with van der Waals surface area (Å²) in [5.74, 6) is 0.922. The van der Waals surface area contributed by atoms with E-state index in [1.165, 1.54) is 4.57 Å². The Hall–Kier alpha value is -4.13. The van der Waals surface area contributed by atoms with Crippen molar-refractivity contribution >= 4 is 28.8 Å². The molecule has 1 aliphatic rings. The lowest BCUT2D eigenvalue weighted by molar-refractivity contribution is 0.144. The summed E-state index contributed by atoms with van der Waals surface area (Å²) in [6, 6.07) is 23.1. The second kappa shape index (κ2) is 7.04. The van der Waals surface area contributed by atoms with Gasteiger partial charge < -0.3 is 4.74 Å². The van der Waals surface area contributed by atoms with E-state index in [0.717, 1.165) is 10.6 Å². The third-order valence-electron chi connectivity index (χ3n) is 4.99. The lowest BCUT2D eigenvalue weighted by Gasteiger charge is -2.37. The molecular formula is C23H18N4O3. The maximum Gasteiger partial charge on any atom is 0.443 e. The Balaban J connectivity index is 1.61. The molecule has 1 aromatic heterocycles. The smallest absolute Gasteiger partial charge is 0.409 e. The van der Waals surface area contributed by atoms with Crippen molar-refractivity contribution in [1.29, 1.82) is 0 Å². The molecule has 0 saturated carbocycles. The minimum atomic E-state index is -0.782. The lowest BCUT2D eigenvalue weighted by Crippen LogP contribution is -2.56. The van der Waals surface area contributed by atoms with Crippen LogP contribution in [0.5, 0.6) is 5.75 Å². The summed E-state index contributed by atoms with van der Waals surface area (Å²) in [5, 5.41) is 2.62. The average molecular weight is 398 g/mol. The van der Waals surface area contributed by atoms with Crippen LogP contribution in [0.2, 0.25) is 0 Å². The number of hydrogen-bond donors (Lipinski definition) is 0. The first-order valence-corrected chi connectivity index (χ1v) is 9.53. The zero-order valence-electron chi connectivity index (χ0n) is 16.2. The predicted octanol–water partition coefficient (Wildman–Crippen LogP) is 4.75. The third kappa shape index (κ3) is 2.97. The molecule has 7 nitrogen and oxygen atoms in total. The molecule has 0 spiro atoms. The van der Waals surface area contributed by atoms with Crippen molar-refractivity contribution < 1.29 is 14.3 Å². The topological polar surface area (TPSA) is 67.7 Å². The molecule has 148 valence electrons. The van der Waals surface area contributed by atoms with Crippen molar-refractivity contribution in [3.63, 3.8) is 0 Å². The highest BCUT2D eigenvalue weighted by Gasteiger charge is 2.39. The number of benzene rings is 3. The van der Waals surface area contributed by atoms with Crippen LogP contribution in [0.25, 0.3) is 11.0 Å². The Bertz CT molecular complexity index is 1250. The van der Waals surface area contributed by atoms with Crippen LogP contribution in [-0.2, 0) is 6.54 Å². The van der Waals surface area contributed by atoms with E-state index in [1.54, 1.807) is 29.3 Å². The molecule has 0 unspecified atom stereocenters. The van der Waals surface area contributed by atoms with Gasteiger partial charge in [0, 0.05) is 0 Å². The van der Waals surface area contributed by atoms with Crippen LogP contribution < -0.4 is 9.75 Å². The molecule has 7 heteroatoms. The number of anilines is 1. The van der Waals surface area contributed by atoms with E-state index in [9.17, 15) is 9.59 Å². The summed E-state index contributed by atoms with van der Waals surface area (Å²) in [6.07, 6.45) is -0.782. The van der Waals surface area contributed by atoms with E-state index >= 15 is 0 Å². The van der Waals surface area contributed by atoms with Gasteiger partial charge in [0.25, 0.3) is 0 Å². The van der Waals surface area contributed by atoms with Gasteiger partial charge in [0.05, 0.1) is 23.3 Å². The Morgan fingerprint density at radius 2 is 1.63 bits per heavy atom. The molecule has 0 aliphatic carbocycles. The highest BCUT2D eigenvalue weighted by Crippen LogP contribution is 2.29. The number of imide groups is 1. The van der Waals surface area contributed by atoms with Crippen molar-refractivity contribution in [2.45, 2.75) is 13.5 Å². The molecule has 30 heavy (non-hydrogen) atoms. The SMILES string of the molecule is Cc1ccc(N2Cc3nc4ccccc4n3C(=O)N2C(=O)Oc2ccccc2)cc1. The summed E-state index contributed by atoms with van der Waals surface area (Å²) in [6.45, 7) is 2.22. The highest BCUT2D eigenvalue weighted by atomic mass is 16.6. The predicted molar refractivity (Wildman–Crippen MR) is 112 cm³/mol. The third-order valence-corrected chi connectivity index (χ3v) is 4.99. The number of aromatic nitrogens is 2. The number of ether oxygens (including phenoxy) is 1. The fourth-order valence-electron chi connectivity index (χ4n) is 3.53. The second-order valence-corrected chi connectivity index (χ2v) is 7.02. The van der Waals surface area contributed by atoms with Crippen molar-refractivity contribution in [2.75, 3.05) is 5.01 Å². The monoisotopic (exact) mass is 398 g/mol. The molecule has 0 radical (unpaired) electrons. The number of hydrazine groups is 1. The number of rotatable bonds is 2. The molecule has 0 N–H and O–H groups in total. The molecule has 0 fully saturated rings. The molecule has 3 aromatic carbocycles. The first kappa shape index (κ1) is 17.9. The minimum Gasteiger partial charge on any atom is -0.409 e. The Morgan fingerprint density at radius 3 is 2.40 bits per heavy atom. The van der Waals surface area contributed by atoms with E-state index in [1.807, 2.05) is 61.5 Å². The van der Waals surface area contributed by atoms with Crippen LogP contribution in [0.15, 0.2) is 78.9 Å². The lowest BCUT2D eigenvalue weighted by atomic mass is 10.2. The number of aryl methyl sites for hydroxylation is 1. The normalized spacial score (nSPS) is 13.4. The second-order valence-electron chi connectivity index (χ2n) is 7.02. The zero-order valence-corrected chi connectivity index (χ0v) is 16.2. The first-order chi connectivity index (χ1) is 14.6. The number of fused-ring (bicyclic) bond motifs is 3. The van der Waals surface area contributed by atoms with Gasteiger partial charge in [-0.05, 0) is 43.3 Å². The standard InChI is InChI=1S/C23H18N4O3/c1-16-11-13-17(14-12-16)25-15-21-24-19-9-5-6-10-20(19)26(21)22(28)27(25)23(29)30-18-7-3-2-4-8-18/h2-14H,15H2,1H3. The molecule has 1 aliphatic heterocycles. The van der Waals surface area contributed by atoms with Crippen LogP contribution >= 0.6 is 0 Å². The molecule has 2 heterocycles. The van der Waals surface area contributed by atoms with Crippen molar-refractivity contribution in [1.82, 2.24) is 14.6 Å². The summed E-state index contributed by atoms with van der Waals surface area (Å²) in [5.41, 5.74) is 3.12. The van der Waals surface area contributed by atoms with Gasteiger partial charge in [-0.2, -0.15) is 0 Å². The number of carbonyl (C=O) groups is 2. The van der Waals surface area contributed by atoms with Crippen LogP contribution in [0.3, 0.4) is 0 Å². The van der Waals surface area contributed by atoms with E-state index < -0.39 is 12.1 Å². The van der Waals surface area contributed by atoms with Gasteiger partial charge >= 0.3 is 12.1 Å². The van der Waals surface area contributed by atoms with Gasteiger partial charge in [-0.3, -0.25) is 5.01 Å². The van der Waals surface area contributed by atoms with Crippen LogP contribution in [0, 0.1) is 6.92 Å². The van der Waals surface area contributed by atoms with Gasteiger partial charge in [0.1, 0.15) is 11.6 Å². The number of hydrogen-bond acceptors (Lipinski definition) is 5. The maximum absolute atomic E-state index is 13.5. The molecular weight excluding hydrogens is 380 g/mol. The number of carbonyl (C=O) groups excluding carboxylic acids is 2. The van der Waals surface area contributed by atoms with Crippen LogP contribution in [0.4, 0.5) is 15.3 Å². The Kier molecular flexibility index (Phi) is 4.21. The fourth-order valence-corrected chi connectivity index (χ4v) is 3.53. The number of amides is 2.